The standard InChI is InChI=1S/C14H19ClN2O3/c1-8(2)7-17-13(18)9(3)20-14(19)10-4-5-11(15)12(16)6-10/h4-6,8-9H,7,16H2,1-3H3,(H,17,18). The van der Waals surface area contributed by atoms with Crippen molar-refractivity contribution in [1.82, 2.24) is 5.32 Å². The second kappa shape index (κ2) is 7.14. The average Bonchev–Trinajstić information content (AvgIpc) is 2.38. The number of benzene rings is 1. The minimum atomic E-state index is -0.863. The van der Waals surface area contributed by atoms with Gasteiger partial charge in [-0.3, -0.25) is 4.79 Å². The number of ether oxygens (including phenoxy) is 1. The van der Waals surface area contributed by atoms with Gasteiger partial charge in [-0.15, -0.1) is 0 Å². The van der Waals surface area contributed by atoms with Crippen molar-refractivity contribution in [3.63, 3.8) is 0 Å². The predicted octanol–water partition coefficient (Wildman–Crippen LogP) is 2.24. The number of carbonyl (C=O) groups is 2. The quantitative estimate of drug-likeness (QED) is 0.645. The lowest BCUT2D eigenvalue weighted by atomic mass is 10.2. The largest absolute Gasteiger partial charge is 0.449 e. The van der Waals surface area contributed by atoms with E-state index in [4.69, 9.17) is 22.1 Å². The summed E-state index contributed by atoms with van der Waals surface area (Å²) in [6.45, 7) is 6.02. The van der Waals surface area contributed by atoms with Gasteiger partial charge in [-0.05, 0) is 31.0 Å². The van der Waals surface area contributed by atoms with Gasteiger partial charge in [0, 0.05) is 6.54 Å². The van der Waals surface area contributed by atoms with Crippen LogP contribution in [0.5, 0.6) is 0 Å². The molecule has 1 rings (SSSR count). The van der Waals surface area contributed by atoms with E-state index >= 15 is 0 Å². The number of amides is 1. The molecule has 0 saturated carbocycles. The number of rotatable bonds is 5. The number of nitrogens with one attached hydrogen (secondary N) is 1. The van der Waals surface area contributed by atoms with Crippen molar-refractivity contribution < 1.29 is 14.3 Å². The van der Waals surface area contributed by atoms with Crippen LogP contribution in [0.3, 0.4) is 0 Å². The number of hydrogen-bond acceptors (Lipinski definition) is 4. The molecule has 3 N–H and O–H groups in total. The fourth-order valence-corrected chi connectivity index (χ4v) is 1.52. The van der Waals surface area contributed by atoms with Crippen molar-refractivity contribution in [3.8, 4) is 0 Å². The molecule has 0 heterocycles. The molecule has 20 heavy (non-hydrogen) atoms. The van der Waals surface area contributed by atoms with Gasteiger partial charge in [0.1, 0.15) is 0 Å². The Balaban J connectivity index is 2.60. The number of esters is 1. The van der Waals surface area contributed by atoms with Crippen LogP contribution in [0.1, 0.15) is 31.1 Å². The van der Waals surface area contributed by atoms with Crippen LogP contribution in [0.15, 0.2) is 18.2 Å². The highest BCUT2D eigenvalue weighted by Gasteiger charge is 2.19. The van der Waals surface area contributed by atoms with Crippen LogP contribution in [0.2, 0.25) is 5.02 Å². The Bertz CT molecular complexity index is 503. The van der Waals surface area contributed by atoms with Gasteiger partial charge < -0.3 is 15.8 Å². The molecule has 0 aliphatic rings. The molecule has 1 atom stereocenters. The summed E-state index contributed by atoms with van der Waals surface area (Å²) in [6.07, 6.45) is -0.863. The molecule has 0 saturated heterocycles. The zero-order chi connectivity index (χ0) is 15.3. The van der Waals surface area contributed by atoms with Crippen LogP contribution < -0.4 is 11.1 Å². The first-order valence-corrected chi connectivity index (χ1v) is 6.72. The van der Waals surface area contributed by atoms with E-state index in [1.807, 2.05) is 13.8 Å². The minimum Gasteiger partial charge on any atom is -0.449 e. The molecule has 0 bridgehead atoms. The molecule has 1 aromatic carbocycles. The van der Waals surface area contributed by atoms with Crippen LogP contribution in [0.25, 0.3) is 0 Å². The molecule has 1 aromatic rings. The van der Waals surface area contributed by atoms with E-state index in [9.17, 15) is 9.59 Å². The van der Waals surface area contributed by atoms with Gasteiger partial charge in [0.05, 0.1) is 16.3 Å². The van der Waals surface area contributed by atoms with Crippen molar-refractivity contribution in [2.75, 3.05) is 12.3 Å². The first-order valence-electron chi connectivity index (χ1n) is 6.35. The van der Waals surface area contributed by atoms with Gasteiger partial charge in [0.25, 0.3) is 5.91 Å². The third-order valence-corrected chi connectivity index (χ3v) is 2.91. The highest BCUT2D eigenvalue weighted by Crippen LogP contribution is 2.20. The van der Waals surface area contributed by atoms with Crippen molar-refractivity contribution in [2.45, 2.75) is 26.9 Å². The Morgan fingerprint density at radius 1 is 1.35 bits per heavy atom. The van der Waals surface area contributed by atoms with Crippen molar-refractivity contribution in [2.24, 2.45) is 5.92 Å². The van der Waals surface area contributed by atoms with Crippen LogP contribution in [-0.4, -0.2) is 24.5 Å². The van der Waals surface area contributed by atoms with Gasteiger partial charge in [-0.25, -0.2) is 4.79 Å². The number of carbonyl (C=O) groups excluding carboxylic acids is 2. The molecule has 1 amide bonds. The van der Waals surface area contributed by atoms with Crippen LogP contribution in [0, 0.1) is 5.92 Å². The lowest BCUT2D eigenvalue weighted by molar-refractivity contribution is -0.129. The van der Waals surface area contributed by atoms with E-state index in [1.165, 1.54) is 25.1 Å². The maximum Gasteiger partial charge on any atom is 0.338 e. The lowest BCUT2D eigenvalue weighted by Crippen LogP contribution is -2.37. The lowest BCUT2D eigenvalue weighted by Gasteiger charge is -2.14. The van der Waals surface area contributed by atoms with Crippen molar-refractivity contribution in [3.05, 3.63) is 28.8 Å². The molecule has 110 valence electrons. The van der Waals surface area contributed by atoms with E-state index in [1.54, 1.807) is 0 Å². The molecule has 0 aliphatic heterocycles. The van der Waals surface area contributed by atoms with E-state index in [0.717, 1.165) is 0 Å². The summed E-state index contributed by atoms with van der Waals surface area (Å²) in [6, 6.07) is 4.43. The summed E-state index contributed by atoms with van der Waals surface area (Å²) in [4.78, 5) is 23.6. The molecule has 0 aromatic heterocycles. The van der Waals surface area contributed by atoms with Crippen molar-refractivity contribution in [1.29, 1.82) is 0 Å². The highest BCUT2D eigenvalue weighted by atomic mass is 35.5. The second-order valence-electron chi connectivity index (χ2n) is 4.92. The SMILES string of the molecule is CC(C)CNC(=O)C(C)OC(=O)c1ccc(Cl)c(N)c1. The molecule has 0 spiro atoms. The Labute approximate surface area is 123 Å². The maximum absolute atomic E-state index is 11.9. The summed E-state index contributed by atoms with van der Waals surface area (Å²) < 4.78 is 5.08. The molecular formula is C14H19ClN2O3. The van der Waals surface area contributed by atoms with Crippen LogP contribution >= 0.6 is 11.6 Å². The summed E-state index contributed by atoms with van der Waals surface area (Å²) in [5.74, 6) is -0.604. The minimum absolute atomic E-state index is 0.260. The first-order chi connectivity index (χ1) is 9.31. The zero-order valence-corrected chi connectivity index (χ0v) is 12.5. The van der Waals surface area contributed by atoms with E-state index < -0.39 is 12.1 Å². The summed E-state index contributed by atoms with van der Waals surface area (Å²) >= 11 is 5.77. The van der Waals surface area contributed by atoms with Gasteiger partial charge in [0.15, 0.2) is 6.10 Å². The Kier molecular flexibility index (Phi) is 5.82. The Morgan fingerprint density at radius 2 is 2.00 bits per heavy atom. The molecule has 0 aliphatic carbocycles. The highest BCUT2D eigenvalue weighted by molar-refractivity contribution is 6.33. The van der Waals surface area contributed by atoms with Gasteiger partial charge in [-0.2, -0.15) is 0 Å². The monoisotopic (exact) mass is 298 g/mol. The van der Waals surface area contributed by atoms with E-state index in [2.05, 4.69) is 5.32 Å². The summed E-state index contributed by atoms with van der Waals surface area (Å²) in [7, 11) is 0. The Hall–Kier alpha value is -1.75. The topological polar surface area (TPSA) is 81.4 Å². The summed E-state index contributed by atoms with van der Waals surface area (Å²) in [5, 5.41) is 3.06. The van der Waals surface area contributed by atoms with Gasteiger partial charge in [0.2, 0.25) is 0 Å². The number of anilines is 1. The second-order valence-corrected chi connectivity index (χ2v) is 5.33. The normalized spacial score (nSPS) is 12.1. The first kappa shape index (κ1) is 16.3. The van der Waals surface area contributed by atoms with Gasteiger partial charge in [-0.1, -0.05) is 25.4 Å². The number of hydrogen-bond donors (Lipinski definition) is 2. The van der Waals surface area contributed by atoms with Crippen LogP contribution in [0.4, 0.5) is 5.69 Å². The molecular weight excluding hydrogens is 280 g/mol. The molecule has 6 heteroatoms. The number of nitrogen functional groups attached to an aromatic ring is 1. The fraction of sp³-hybridized carbons (Fsp3) is 0.429. The number of halogens is 1. The molecule has 0 radical (unpaired) electrons. The zero-order valence-electron chi connectivity index (χ0n) is 11.8. The smallest absolute Gasteiger partial charge is 0.338 e. The summed E-state index contributed by atoms with van der Waals surface area (Å²) in [5.41, 5.74) is 6.16. The number of nitrogens with two attached hydrogens (primary N) is 1. The maximum atomic E-state index is 11.9. The molecule has 5 nitrogen and oxygen atoms in total. The molecule has 0 fully saturated rings. The van der Waals surface area contributed by atoms with Crippen molar-refractivity contribution >= 4 is 29.2 Å². The van der Waals surface area contributed by atoms with E-state index in [-0.39, 0.29) is 17.2 Å². The predicted molar refractivity (Wildman–Crippen MR) is 78.6 cm³/mol. The van der Waals surface area contributed by atoms with E-state index in [0.29, 0.717) is 17.5 Å². The Morgan fingerprint density at radius 3 is 2.55 bits per heavy atom. The third kappa shape index (κ3) is 4.74. The van der Waals surface area contributed by atoms with Gasteiger partial charge >= 0.3 is 5.97 Å². The van der Waals surface area contributed by atoms with Crippen LogP contribution in [-0.2, 0) is 9.53 Å². The fourth-order valence-electron chi connectivity index (χ4n) is 1.40. The third-order valence-electron chi connectivity index (χ3n) is 2.57. The average molecular weight is 299 g/mol. The molecule has 1 unspecified atom stereocenters.